The largest absolute Gasteiger partial charge is 0.490 e. The van der Waals surface area contributed by atoms with Crippen LogP contribution >= 0.6 is 11.3 Å². The molecule has 228 valence electrons. The monoisotopic (exact) mass is 618 g/mol. The van der Waals surface area contributed by atoms with Gasteiger partial charge in [-0.1, -0.05) is 24.3 Å². The minimum atomic E-state index is -4.39. The number of piperidine rings is 2. The first kappa shape index (κ1) is 30.0. The number of alkyl halides is 3. The van der Waals surface area contributed by atoms with Crippen molar-refractivity contribution in [3.05, 3.63) is 94.4 Å². The molecule has 0 saturated carbocycles. The Morgan fingerprint density at radius 3 is 2.48 bits per heavy atom. The molecule has 0 aliphatic carbocycles. The van der Waals surface area contributed by atoms with Crippen LogP contribution in [0.1, 0.15) is 52.0 Å². The summed E-state index contributed by atoms with van der Waals surface area (Å²) in [5.41, 5.74) is 1.41. The molecule has 2 fully saturated rings. The third-order valence-electron chi connectivity index (χ3n) is 8.40. The van der Waals surface area contributed by atoms with Crippen molar-refractivity contribution >= 4 is 33.0 Å². The normalized spacial score (nSPS) is 17.0. The number of likely N-dealkylation sites (tertiary alicyclic amines) is 1. The third kappa shape index (κ3) is 7.01. The van der Waals surface area contributed by atoms with E-state index in [4.69, 9.17) is 10.00 Å². The molecule has 44 heavy (non-hydrogen) atoms. The van der Waals surface area contributed by atoms with E-state index >= 15 is 0 Å². The number of rotatable bonds is 7. The Morgan fingerprint density at radius 1 is 0.955 bits per heavy atom. The number of halogens is 3. The van der Waals surface area contributed by atoms with Crippen molar-refractivity contribution in [2.75, 3.05) is 31.1 Å². The Labute approximate surface area is 258 Å². The summed E-state index contributed by atoms with van der Waals surface area (Å²) in [6, 6.07) is 23.4. The molecule has 3 aromatic carbocycles. The highest BCUT2D eigenvalue weighted by Crippen LogP contribution is 2.38. The number of nitriles is 1. The number of anilines is 1. The SMILES string of the molecule is N#Cc1cccc(CN2CCC(NC(=O)c3cc4ccc(OC5CCN(c6ccccc6C(F)(F)F)CC5)cc4s3)CC2)c1. The lowest BCUT2D eigenvalue weighted by Gasteiger charge is -2.35. The molecule has 6 nitrogen and oxygen atoms in total. The van der Waals surface area contributed by atoms with Crippen LogP contribution in [-0.4, -0.2) is 49.1 Å². The van der Waals surface area contributed by atoms with Gasteiger partial charge in [-0.25, -0.2) is 0 Å². The van der Waals surface area contributed by atoms with Crippen molar-refractivity contribution in [1.82, 2.24) is 10.2 Å². The lowest BCUT2D eigenvalue weighted by atomic mass is 10.0. The van der Waals surface area contributed by atoms with E-state index in [1.807, 2.05) is 48.5 Å². The van der Waals surface area contributed by atoms with Gasteiger partial charge >= 0.3 is 6.18 Å². The first-order valence-electron chi connectivity index (χ1n) is 14.9. The summed E-state index contributed by atoms with van der Waals surface area (Å²) in [4.78, 5) is 17.9. The van der Waals surface area contributed by atoms with Crippen LogP contribution in [0.3, 0.4) is 0 Å². The molecule has 0 atom stereocenters. The molecule has 1 amide bonds. The molecule has 0 bridgehead atoms. The van der Waals surface area contributed by atoms with Crippen LogP contribution in [0.25, 0.3) is 10.1 Å². The zero-order chi connectivity index (χ0) is 30.7. The molecule has 1 aromatic heterocycles. The number of carbonyl (C=O) groups excluding carboxylic acids is 1. The summed E-state index contributed by atoms with van der Waals surface area (Å²) < 4.78 is 47.6. The third-order valence-corrected chi connectivity index (χ3v) is 9.49. The van der Waals surface area contributed by atoms with E-state index in [0.717, 1.165) is 54.2 Å². The number of fused-ring (bicyclic) bond motifs is 1. The molecule has 2 aliphatic heterocycles. The Bertz CT molecular complexity index is 1670. The Balaban J connectivity index is 1.00. The van der Waals surface area contributed by atoms with Gasteiger partial charge in [-0.3, -0.25) is 9.69 Å². The fraction of sp³-hybridized carbons (Fsp3) is 0.353. The summed E-state index contributed by atoms with van der Waals surface area (Å²) in [5.74, 6) is 0.633. The summed E-state index contributed by atoms with van der Waals surface area (Å²) in [6.45, 7) is 3.51. The average Bonchev–Trinajstić information content (AvgIpc) is 3.46. The molecule has 0 radical (unpaired) electrons. The molecule has 0 spiro atoms. The zero-order valence-electron chi connectivity index (χ0n) is 24.1. The number of hydrogen-bond donors (Lipinski definition) is 1. The van der Waals surface area contributed by atoms with E-state index in [9.17, 15) is 18.0 Å². The van der Waals surface area contributed by atoms with Gasteiger partial charge in [-0.05, 0) is 72.3 Å². The maximum atomic E-state index is 13.5. The summed E-state index contributed by atoms with van der Waals surface area (Å²) in [5, 5.41) is 13.3. The highest BCUT2D eigenvalue weighted by molar-refractivity contribution is 7.20. The van der Waals surface area contributed by atoms with Gasteiger partial charge in [-0.2, -0.15) is 18.4 Å². The molecule has 3 heterocycles. The highest BCUT2D eigenvalue weighted by Gasteiger charge is 2.35. The predicted octanol–water partition coefficient (Wildman–Crippen LogP) is 7.23. The topological polar surface area (TPSA) is 68.6 Å². The van der Waals surface area contributed by atoms with Gasteiger partial charge in [0.2, 0.25) is 0 Å². The number of ether oxygens (including phenoxy) is 1. The summed E-state index contributed by atoms with van der Waals surface area (Å²) in [6.07, 6.45) is -1.51. The lowest BCUT2D eigenvalue weighted by Crippen LogP contribution is -2.44. The predicted molar refractivity (Wildman–Crippen MR) is 166 cm³/mol. The molecular weight excluding hydrogens is 585 g/mol. The van der Waals surface area contributed by atoms with Gasteiger partial charge in [0.05, 0.1) is 22.1 Å². The van der Waals surface area contributed by atoms with E-state index < -0.39 is 11.7 Å². The minimum Gasteiger partial charge on any atom is -0.490 e. The quantitative estimate of drug-likeness (QED) is 0.237. The van der Waals surface area contributed by atoms with Gasteiger partial charge in [0.25, 0.3) is 5.91 Å². The van der Waals surface area contributed by atoms with E-state index in [2.05, 4.69) is 16.3 Å². The number of hydrogen-bond acceptors (Lipinski definition) is 6. The second kappa shape index (κ2) is 12.9. The van der Waals surface area contributed by atoms with Crippen LogP contribution in [-0.2, 0) is 12.7 Å². The van der Waals surface area contributed by atoms with Crippen LogP contribution in [0.4, 0.5) is 18.9 Å². The van der Waals surface area contributed by atoms with Crippen molar-refractivity contribution < 1.29 is 22.7 Å². The summed E-state index contributed by atoms with van der Waals surface area (Å²) in [7, 11) is 0. The molecule has 2 aliphatic rings. The van der Waals surface area contributed by atoms with Gasteiger partial charge in [0.15, 0.2) is 0 Å². The van der Waals surface area contributed by atoms with E-state index in [1.54, 1.807) is 11.0 Å². The fourth-order valence-electron chi connectivity index (χ4n) is 6.08. The maximum Gasteiger partial charge on any atom is 0.418 e. The van der Waals surface area contributed by atoms with Gasteiger partial charge < -0.3 is 15.0 Å². The lowest BCUT2D eigenvalue weighted by molar-refractivity contribution is -0.137. The number of carbonyl (C=O) groups is 1. The van der Waals surface area contributed by atoms with E-state index in [-0.39, 0.29) is 23.7 Å². The number of nitrogens with zero attached hydrogens (tertiary/aromatic N) is 3. The average molecular weight is 619 g/mol. The molecular formula is C34H33F3N4O2S. The van der Waals surface area contributed by atoms with Crippen molar-refractivity contribution in [2.45, 2.75) is 50.6 Å². The fourth-order valence-corrected chi connectivity index (χ4v) is 7.08. The summed E-state index contributed by atoms with van der Waals surface area (Å²) >= 11 is 1.43. The number of thiophene rings is 1. The van der Waals surface area contributed by atoms with Crippen LogP contribution in [0.15, 0.2) is 72.8 Å². The minimum absolute atomic E-state index is 0.0691. The Kier molecular flexibility index (Phi) is 8.78. The van der Waals surface area contributed by atoms with Gasteiger partial charge in [0, 0.05) is 62.0 Å². The zero-order valence-corrected chi connectivity index (χ0v) is 25.0. The highest BCUT2D eigenvalue weighted by atomic mass is 32.1. The van der Waals surface area contributed by atoms with Crippen LogP contribution in [0.5, 0.6) is 5.75 Å². The van der Waals surface area contributed by atoms with Crippen LogP contribution < -0.4 is 15.0 Å². The Morgan fingerprint density at radius 2 is 1.73 bits per heavy atom. The van der Waals surface area contributed by atoms with Gasteiger partial charge in [-0.15, -0.1) is 11.3 Å². The van der Waals surface area contributed by atoms with Gasteiger partial charge in [0.1, 0.15) is 11.9 Å². The number of amides is 1. The van der Waals surface area contributed by atoms with E-state index in [1.165, 1.54) is 23.5 Å². The molecule has 4 aromatic rings. The van der Waals surface area contributed by atoms with Crippen molar-refractivity contribution in [1.29, 1.82) is 5.26 Å². The number of para-hydroxylation sites is 1. The number of benzene rings is 3. The second-order valence-electron chi connectivity index (χ2n) is 11.5. The molecule has 1 N–H and O–H groups in total. The molecule has 2 saturated heterocycles. The number of nitrogens with one attached hydrogen (secondary N) is 1. The smallest absolute Gasteiger partial charge is 0.418 e. The van der Waals surface area contributed by atoms with Crippen LogP contribution in [0.2, 0.25) is 0 Å². The molecule has 0 unspecified atom stereocenters. The van der Waals surface area contributed by atoms with Crippen LogP contribution in [0, 0.1) is 11.3 Å². The van der Waals surface area contributed by atoms with E-state index in [0.29, 0.717) is 42.1 Å². The van der Waals surface area contributed by atoms with Crippen molar-refractivity contribution in [3.8, 4) is 11.8 Å². The molecule has 10 heteroatoms. The first-order valence-corrected chi connectivity index (χ1v) is 15.7. The first-order chi connectivity index (χ1) is 21.2. The maximum absolute atomic E-state index is 13.5. The second-order valence-corrected chi connectivity index (χ2v) is 12.5. The molecule has 6 rings (SSSR count). The van der Waals surface area contributed by atoms with Crippen molar-refractivity contribution in [2.24, 2.45) is 0 Å². The Hall–Kier alpha value is -4.07. The standard InChI is InChI=1S/C34H33F3N4O2S/c35-34(36,37)29-6-1-2-7-30(29)41-16-12-27(13-17-41)43-28-9-8-25-19-32(44-31(25)20-28)33(42)39-26-10-14-40(15-11-26)22-24-5-3-4-23(18-24)21-38/h1-9,18-20,26-27H,10-17,22H2,(H,39,42). The van der Waals surface area contributed by atoms with Crippen molar-refractivity contribution in [3.63, 3.8) is 0 Å².